The topological polar surface area (TPSA) is 14.8 Å². The van der Waals surface area contributed by atoms with E-state index >= 15 is 0 Å². The van der Waals surface area contributed by atoms with Crippen molar-refractivity contribution in [2.75, 3.05) is 0 Å². The number of nitrogens with zero attached hydrogens (tertiary/aromatic N) is 3. The van der Waals surface area contributed by atoms with Crippen molar-refractivity contribution in [1.29, 1.82) is 0 Å². The first-order valence-electron chi connectivity index (χ1n) is 19.2. The summed E-state index contributed by atoms with van der Waals surface area (Å²) in [5.41, 5.74) is 14.5. The Labute approximate surface area is 319 Å². The first-order valence-corrected chi connectivity index (χ1v) is 19.2. The van der Waals surface area contributed by atoms with Crippen molar-refractivity contribution < 1.29 is 0 Å². The summed E-state index contributed by atoms with van der Waals surface area (Å²) in [6, 6.07) is 66.9. The van der Waals surface area contributed by atoms with Gasteiger partial charge in [0.1, 0.15) is 0 Å². The summed E-state index contributed by atoms with van der Waals surface area (Å²) in [4.78, 5) is 0. The maximum atomic E-state index is 2.49. The monoisotopic (exact) mass is 705 g/mol. The zero-order valence-corrected chi connectivity index (χ0v) is 31.2. The summed E-state index contributed by atoms with van der Waals surface area (Å²) in [5, 5.41) is 7.62. The van der Waals surface area contributed by atoms with E-state index in [4.69, 9.17) is 0 Å². The lowest BCUT2D eigenvalue weighted by atomic mass is 9.86. The Morgan fingerprint density at radius 3 is 1.44 bits per heavy atom. The van der Waals surface area contributed by atoms with Gasteiger partial charge in [-0.25, -0.2) is 0 Å². The van der Waals surface area contributed by atoms with Gasteiger partial charge in [0.15, 0.2) is 0 Å². The number of fused-ring (bicyclic) bond motifs is 10. The Hall–Kier alpha value is -6.84. The maximum Gasteiger partial charge on any atom is 0.0549 e. The van der Waals surface area contributed by atoms with Crippen molar-refractivity contribution in [3.8, 4) is 28.2 Å². The third kappa shape index (κ3) is 4.69. The van der Waals surface area contributed by atoms with Crippen molar-refractivity contribution in [2.24, 2.45) is 0 Å². The molecule has 262 valence electrons. The molecule has 8 aromatic carbocycles. The summed E-state index contributed by atoms with van der Waals surface area (Å²) in [5.74, 6) is 0. The fourth-order valence-corrected chi connectivity index (χ4v) is 9.06. The van der Waals surface area contributed by atoms with Crippen molar-refractivity contribution >= 4 is 65.4 Å². The highest BCUT2D eigenvalue weighted by Crippen LogP contribution is 2.44. The van der Waals surface area contributed by atoms with Crippen LogP contribution < -0.4 is 0 Å². The van der Waals surface area contributed by atoms with Gasteiger partial charge in [0.05, 0.1) is 38.8 Å². The van der Waals surface area contributed by atoms with Gasteiger partial charge in [-0.3, -0.25) is 0 Å². The first-order chi connectivity index (χ1) is 27.0. The van der Waals surface area contributed by atoms with Gasteiger partial charge in [-0.05, 0) is 95.4 Å². The molecular weight excluding hydrogens is 667 g/mol. The van der Waals surface area contributed by atoms with Gasteiger partial charge >= 0.3 is 0 Å². The smallest absolute Gasteiger partial charge is 0.0549 e. The minimum Gasteiger partial charge on any atom is -0.309 e. The second kappa shape index (κ2) is 11.8. The molecule has 0 saturated carbocycles. The second-order valence-corrected chi connectivity index (χ2v) is 15.8. The van der Waals surface area contributed by atoms with E-state index in [0.29, 0.717) is 0 Å². The van der Waals surface area contributed by atoms with Gasteiger partial charge in [-0.2, -0.15) is 0 Å². The van der Waals surface area contributed by atoms with Crippen molar-refractivity contribution in [1.82, 2.24) is 13.7 Å². The number of para-hydroxylation sites is 5. The molecule has 3 aromatic heterocycles. The van der Waals surface area contributed by atoms with E-state index in [0.717, 1.165) is 0 Å². The summed E-state index contributed by atoms with van der Waals surface area (Å²) < 4.78 is 7.32. The zero-order valence-electron chi connectivity index (χ0n) is 31.2. The number of benzene rings is 8. The average Bonchev–Trinajstić information content (AvgIpc) is 3.86. The van der Waals surface area contributed by atoms with Crippen molar-refractivity contribution in [3.63, 3.8) is 0 Å². The van der Waals surface area contributed by atoms with E-state index in [-0.39, 0.29) is 5.41 Å². The van der Waals surface area contributed by atoms with Crippen molar-refractivity contribution in [2.45, 2.75) is 26.2 Å². The van der Waals surface area contributed by atoms with E-state index in [2.05, 4.69) is 216 Å². The molecule has 0 atom stereocenters. The molecule has 3 heteroatoms. The standard InChI is InChI=1S/C52H39N3/c1-52(2,3)35-27-29-47-42(33-35)41-32-34(26-28-46(41)53(47)36-16-6-4-7-17-36)38-20-10-13-23-43(38)55-45-25-15-12-22-40(45)51-49(55)31-30-48-50(51)39-21-11-14-24-44(39)54(48)37-18-8-5-9-19-37/h4-33H,1-3H3. The van der Waals surface area contributed by atoms with Crippen LogP contribution in [0.4, 0.5) is 0 Å². The first kappa shape index (κ1) is 31.7. The summed E-state index contributed by atoms with van der Waals surface area (Å²) >= 11 is 0. The molecule has 11 rings (SSSR count). The largest absolute Gasteiger partial charge is 0.309 e. The minimum atomic E-state index is 0.0366. The fraction of sp³-hybridized carbons (Fsp3) is 0.0769. The van der Waals surface area contributed by atoms with Gasteiger partial charge in [0, 0.05) is 49.3 Å². The Bertz CT molecular complexity index is 3280. The van der Waals surface area contributed by atoms with Crippen LogP contribution in [-0.4, -0.2) is 13.7 Å². The molecule has 0 saturated heterocycles. The fourth-order valence-electron chi connectivity index (χ4n) is 9.06. The third-order valence-corrected chi connectivity index (χ3v) is 11.6. The van der Waals surface area contributed by atoms with Gasteiger partial charge in [0.2, 0.25) is 0 Å². The highest BCUT2D eigenvalue weighted by Gasteiger charge is 2.23. The highest BCUT2D eigenvalue weighted by atomic mass is 15.0. The molecule has 0 bridgehead atoms. The zero-order chi connectivity index (χ0) is 36.8. The molecule has 3 heterocycles. The molecule has 0 aliphatic heterocycles. The van der Waals surface area contributed by atoms with E-state index < -0.39 is 0 Å². The van der Waals surface area contributed by atoms with E-state index in [1.54, 1.807) is 0 Å². The van der Waals surface area contributed by atoms with Crippen LogP contribution in [0.15, 0.2) is 182 Å². The molecule has 0 amide bonds. The number of rotatable bonds is 4. The third-order valence-electron chi connectivity index (χ3n) is 11.6. The number of hydrogen-bond acceptors (Lipinski definition) is 0. The van der Waals surface area contributed by atoms with E-state index in [1.807, 2.05) is 0 Å². The molecule has 0 fully saturated rings. The SMILES string of the molecule is CC(C)(C)c1ccc2c(c1)c1cc(-c3ccccc3-n3c4ccccc4c4c5c6ccccc6n(-c6ccccc6)c5ccc43)ccc1n2-c1ccccc1. The van der Waals surface area contributed by atoms with Crippen LogP contribution in [0.3, 0.4) is 0 Å². The lowest BCUT2D eigenvalue weighted by molar-refractivity contribution is 0.591. The second-order valence-electron chi connectivity index (χ2n) is 15.8. The van der Waals surface area contributed by atoms with Crippen LogP contribution in [0.5, 0.6) is 0 Å². The van der Waals surface area contributed by atoms with Gasteiger partial charge in [0.25, 0.3) is 0 Å². The molecular formula is C52H39N3. The molecule has 0 N–H and O–H groups in total. The molecule has 0 radical (unpaired) electrons. The normalized spacial score (nSPS) is 12.3. The lowest BCUT2D eigenvalue weighted by Crippen LogP contribution is -2.10. The molecule has 11 aromatic rings. The molecule has 3 nitrogen and oxygen atoms in total. The highest BCUT2D eigenvalue weighted by molar-refractivity contribution is 6.29. The Morgan fingerprint density at radius 2 is 0.800 bits per heavy atom. The summed E-state index contributed by atoms with van der Waals surface area (Å²) in [6.07, 6.45) is 0. The average molecular weight is 706 g/mol. The molecule has 55 heavy (non-hydrogen) atoms. The van der Waals surface area contributed by atoms with Crippen LogP contribution in [0, 0.1) is 0 Å². The predicted molar refractivity (Wildman–Crippen MR) is 234 cm³/mol. The molecule has 0 aliphatic carbocycles. The Morgan fingerprint density at radius 1 is 0.345 bits per heavy atom. The quantitative estimate of drug-likeness (QED) is 0.173. The predicted octanol–water partition coefficient (Wildman–Crippen LogP) is 13.9. The summed E-state index contributed by atoms with van der Waals surface area (Å²) in [6.45, 7) is 6.89. The lowest BCUT2D eigenvalue weighted by Gasteiger charge is -2.19. The number of hydrogen-bond donors (Lipinski definition) is 0. The van der Waals surface area contributed by atoms with Crippen molar-refractivity contribution in [3.05, 3.63) is 188 Å². The van der Waals surface area contributed by atoms with Crippen LogP contribution in [0.25, 0.3) is 93.6 Å². The Balaban J connectivity index is 1.19. The van der Waals surface area contributed by atoms with Crippen LogP contribution in [0.1, 0.15) is 26.3 Å². The Kier molecular flexibility index (Phi) is 6.81. The maximum absolute atomic E-state index is 2.49. The van der Waals surface area contributed by atoms with Gasteiger partial charge in [-0.1, -0.05) is 124 Å². The van der Waals surface area contributed by atoms with E-state index in [1.165, 1.54) is 99.2 Å². The molecule has 0 aliphatic rings. The van der Waals surface area contributed by atoms with Crippen LogP contribution >= 0.6 is 0 Å². The number of aromatic nitrogens is 3. The molecule has 0 spiro atoms. The van der Waals surface area contributed by atoms with Gasteiger partial charge < -0.3 is 13.7 Å². The van der Waals surface area contributed by atoms with Crippen LogP contribution in [0.2, 0.25) is 0 Å². The summed E-state index contributed by atoms with van der Waals surface area (Å²) in [7, 11) is 0. The van der Waals surface area contributed by atoms with Gasteiger partial charge in [-0.15, -0.1) is 0 Å². The minimum absolute atomic E-state index is 0.0366. The van der Waals surface area contributed by atoms with E-state index in [9.17, 15) is 0 Å². The van der Waals surface area contributed by atoms with Crippen LogP contribution in [-0.2, 0) is 5.41 Å². The molecule has 0 unspecified atom stereocenters.